The van der Waals surface area contributed by atoms with Crippen LogP contribution < -0.4 is 10.9 Å². The van der Waals surface area contributed by atoms with Gasteiger partial charge in [-0.1, -0.05) is 53.7 Å². The van der Waals surface area contributed by atoms with Gasteiger partial charge in [-0.25, -0.2) is 4.39 Å². The fourth-order valence-corrected chi connectivity index (χ4v) is 4.63. The molecule has 0 aliphatic heterocycles. The molecule has 3 aromatic carbocycles. The summed E-state index contributed by atoms with van der Waals surface area (Å²) in [5, 5.41) is 25.0. The second-order valence-corrected chi connectivity index (χ2v) is 9.51. The van der Waals surface area contributed by atoms with Gasteiger partial charge >= 0.3 is 5.97 Å². The van der Waals surface area contributed by atoms with Crippen molar-refractivity contribution in [1.82, 2.24) is 4.57 Å². The predicted octanol–water partition coefficient (Wildman–Crippen LogP) is 5.12. The third-order valence-electron chi connectivity index (χ3n) is 6.59. The summed E-state index contributed by atoms with van der Waals surface area (Å²) in [5.74, 6) is -2.65. The SMILES string of the molecule is Cc1cc(F)ccc1C(C(Cc1ccc(=O)n(C)c1)=NO)c1ccc(-c2ccc(NC(=O)CC(=O)O)cc2)cc1. The Morgan fingerprint density at radius 1 is 0.975 bits per heavy atom. The second kappa shape index (κ2) is 12.2. The van der Waals surface area contributed by atoms with E-state index in [2.05, 4.69) is 10.5 Å². The number of carboxylic acid groups (broad SMARTS) is 1. The molecule has 1 atom stereocenters. The highest BCUT2D eigenvalue weighted by atomic mass is 19.1. The van der Waals surface area contributed by atoms with Crippen molar-refractivity contribution in [2.45, 2.75) is 25.7 Å². The Labute approximate surface area is 230 Å². The van der Waals surface area contributed by atoms with Gasteiger partial charge in [-0.3, -0.25) is 14.4 Å². The third kappa shape index (κ3) is 6.68. The average Bonchev–Trinajstić information content (AvgIpc) is 2.91. The van der Waals surface area contributed by atoms with Gasteiger partial charge < -0.3 is 20.2 Å². The van der Waals surface area contributed by atoms with Crippen LogP contribution in [-0.2, 0) is 23.1 Å². The van der Waals surface area contributed by atoms with E-state index in [-0.39, 0.29) is 17.8 Å². The molecule has 4 rings (SSSR count). The maximum atomic E-state index is 14.0. The van der Waals surface area contributed by atoms with Crippen LogP contribution in [0.5, 0.6) is 0 Å². The number of carbonyl (C=O) groups excluding carboxylic acids is 1. The van der Waals surface area contributed by atoms with Gasteiger partial charge in [0, 0.05) is 31.4 Å². The Bertz CT molecular complexity index is 1630. The molecule has 1 aromatic heterocycles. The van der Waals surface area contributed by atoms with Crippen molar-refractivity contribution in [2.24, 2.45) is 12.2 Å². The van der Waals surface area contributed by atoms with E-state index in [1.807, 2.05) is 36.4 Å². The molecule has 0 radical (unpaired) electrons. The van der Waals surface area contributed by atoms with E-state index in [9.17, 15) is 24.0 Å². The van der Waals surface area contributed by atoms with Crippen molar-refractivity contribution in [1.29, 1.82) is 0 Å². The van der Waals surface area contributed by atoms with Crippen LogP contribution in [0.25, 0.3) is 11.1 Å². The maximum Gasteiger partial charge on any atom is 0.312 e. The highest BCUT2D eigenvalue weighted by molar-refractivity contribution is 6.01. The minimum Gasteiger partial charge on any atom is -0.481 e. The number of rotatable bonds is 9. The van der Waals surface area contributed by atoms with Crippen LogP contribution in [0.4, 0.5) is 10.1 Å². The molecule has 0 aliphatic rings. The number of aryl methyl sites for hydroxylation is 2. The predicted molar refractivity (Wildman–Crippen MR) is 150 cm³/mol. The summed E-state index contributed by atoms with van der Waals surface area (Å²) in [6.45, 7) is 1.80. The number of hydrogen-bond donors (Lipinski definition) is 3. The lowest BCUT2D eigenvalue weighted by Crippen LogP contribution is -2.20. The van der Waals surface area contributed by atoms with Gasteiger partial charge in [-0.05, 0) is 64.6 Å². The summed E-state index contributed by atoms with van der Waals surface area (Å²) in [4.78, 5) is 34.3. The molecule has 8 nitrogen and oxygen atoms in total. The number of halogens is 1. The summed E-state index contributed by atoms with van der Waals surface area (Å²) in [6.07, 6.45) is 1.35. The first-order valence-electron chi connectivity index (χ1n) is 12.5. The number of hydrogen-bond acceptors (Lipinski definition) is 5. The zero-order valence-corrected chi connectivity index (χ0v) is 22.0. The van der Waals surface area contributed by atoms with E-state index in [4.69, 9.17) is 5.11 Å². The highest BCUT2D eigenvalue weighted by Crippen LogP contribution is 2.32. The standard InChI is InChI=1S/C31H28FN3O5/c1-19-15-24(32)10-13-26(19)31(27(34-40)16-20-3-14-29(37)35(2)18-20)23-6-4-21(5-7-23)22-8-11-25(12-9-22)33-28(36)17-30(38)39/h3-15,18,31,40H,16-17H2,1-2H3,(H,33,36)(H,38,39). The van der Waals surface area contributed by atoms with E-state index in [1.54, 1.807) is 44.4 Å². The van der Waals surface area contributed by atoms with Crippen molar-refractivity contribution >= 4 is 23.3 Å². The van der Waals surface area contributed by atoms with Crippen LogP contribution in [0.2, 0.25) is 0 Å². The first kappa shape index (κ1) is 28.0. The normalized spacial score (nSPS) is 12.1. The van der Waals surface area contributed by atoms with Crippen LogP contribution in [0.3, 0.4) is 0 Å². The largest absolute Gasteiger partial charge is 0.481 e. The number of nitrogens with one attached hydrogen (secondary N) is 1. The number of anilines is 1. The van der Waals surface area contributed by atoms with Gasteiger partial charge in [-0.2, -0.15) is 0 Å². The first-order chi connectivity index (χ1) is 19.1. The van der Waals surface area contributed by atoms with Crippen molar-refractivity contribution in [3.05, 3.63) is 123 Å². The molecule has 4 aromatic rings. The summed E-state index contributed by atoms with van der Waals surface area (Å²) in [6, 6.07) is 22.3. The molecular weight excluding hydrogens is 513 g/mol. The van der Waals surface area contributed by atoms with E-state index >= 15 is 0 Å². The topological polar surface area (TPSA) is 121 Å². The van der Waals surface area contributed by atoms with E-state index < -0.39 is 24.2 Å². The van der Waals surface area contributed by atoms with Crippen LogP contribution in [0.1, 0.15) is 34.6 Å². The number of aromatic nitrogens is 1. The van der Waals surface area contributed by atoms with Crippen molar-refractivity contribution < 1.29 is 24.3 Å². The number of carbonyl (C=O) groups is 2. The summed E-state index contributed by atoms with van der Waals surface area (Å²) < 4.78 is 15.4. The Morgan fingerprint density at radius 2 is 1.62 bits per heavy atom. The van der Waals surface area contributed by atoms with Crippen molar-refractivity contribution in [3.8, 4) is 11.1 Å². The molecule has 0 aliphatic carbocycles. The molecule has 9 heteroatoms. The van der Waals surface area contributed by atoms with E-state index in [0.717, 1.165) is 27.8 Å². The van der Waals surface area contributed by atoms with Crippen LogP contribution in [0.15, 0.2) is 95.0 Å². The first-order valence-corrected chi connectivity index (χ1v) is 12.5. The Hall–Kier alpha value is -5.05. The average molecular weight is 542 g/mol. The highest BCUT2D eigenvalue weighted by Gasteiger charge is 2.24. The van der Waals surface area contributed by atoms with Crippen LogP contribution >= 0.6 is 0 Å². The summed E-state index contributed by atoms with van der Waals surface area (Å²) >= 11 is 0. The van der Waals surface area contributed by atoms with Gasteiger partial charge in [0.2, 0.25) is 11.5 Å². The van der Waals surface area contributed by atoms with Gasteiger partial charge in [-0.15, -0.1) is 0 Å². The van der Waals surface area contributed by atoms with Crippen LogP contribution in [-0.4, -0.2) is 32.5 Å². The lowest BCUT2D eigenvalue weighted by atomic mass is 9.82. The van der Waals surface area contributed by atoms with Gasteiger partial charge in [0.25, 0.3) is 0 Å². The molecule has 0 bridgehead atoms. The molecule has 1 amide bonds. The number of benzene rings is 3. The molecule has 0 saturated carbocycles. The smallest absolute Gasteiger partial charge is 0.312 e. The van der Waals surface area contributed by atoms with Gasteiger partial charge in [0.05, 0.1) is 11.6 Å². The number of oxime groups is 1. The number of pyridine rings is 1. The molecule has 1 unspecified atom stereocenters. The molecule has 1 heterocycles. The van der Waals surface area contributed by atoms with Gasteiger partial charge in [0.15, 0.2) is 0 Å². The molecule has 0 saturated heterocycles. The lowest BCUT2D eigenvalue weighted by Gasteiger charge is -2.22. The molecule has 0 fully saturated rings. The second-order valence-electron chi connectivity index (χ2n) is 9.51. The Kier molecular flexibility index (Phi) is 8.54. The zero-order chi connectivity index (χ0) is 28.8. The van der Waals surface area contributed by atoms with Crippen molar-refractivity contribution in [2.75, 3.05) is 5.32 Å². The number of aliphatic carboxylic acids is 1. The number of nitrogens with zero attached hydrogens (tertiary/aromatic N) is 2. The summed E-state index contributed by atoms with van der Waals surface area (Å²) in [7, 11) is 1.65. The third-order valence-corrected chi connectivity index (χ3v) is 6.59. The number of carboxylic acids is 1. The molecule has 40 heavy (non-hydrogen) atoms. The van der Waals surface area contributed by atoms with Crippen LogP contribution in [0, 0.1) is 12.7 Å². The fraction of sp³-hybridized carbons (Fsp3) is 0.161. The monoisotopic (exact) mass is 541 g/mol. The maximum absolute atomic E-state index is 14.0. The zero-order valence-electron chi connectivity index (χ0n) is 22.0. The minimum absolute atomic E-state index is 0.150. The van der Waals surface area contributed by atoms with Crippen molar-refractivity contribution in [3.63, 3.8) is 0 Å². The quantitative estimate of drug-likeness (QED) is 0.118. The minimum atomic E-state index is -1.20. The Balaban J connectivity index is 1.65. The molecule has 3 N–H and O–H groups in total. The molecular formula is C31H28FN3O5. The van der Waals surface area contributed by atoms with E-state index in [1.165, 1.54) is 22.8 Å². The van der Waals surface area contributed by atoms with Gasteiger partial charge in [0.1, 0.15) is 12.2 Å². The fourth-order valence-electron chi connectivity index (χ4n) is 4.63. The molecule has 204 valence electrons. The Morgan fingerprint density at radius 3 is 2.20 bits per heavy atom. The lowest BCUT2D eigenvalue weighted by molar-refractivity contribution is -0.139. The molecule has 0 spiro atoms. The number of amides is 1. The summed E-state index contributed by atoms with van der Waals surface area (Å²) in [5.41, 5.74) is 5.64. The van der Waals surface area contributed by atoms with E-state index in [0.29, 0.717) is 17.0 Å².